The third kappa shape index (κ3) is 3.37. The number of furan rings is 1. The molecule has 0 radical (unpaired) electrons. The summed E-state index contributed by atoms with van der Waals surface area (Å²) in [4.78, 5) is 15.0. The number of hydrogen-bond acceptors (Lipinski definition) is 4. The first-order chi connectivity index (χ1) is 11.3. The van der Waals surface area contributed by atoms with Gasteiger partial charge in [-0.3, -0.25) is 4.79 Å². The van der Waals surface area contributed by atoms with Crippen LogP contribution in [0.5, 0.6) is 0 Å². The van der Waals surface area contributed by atoms with Gasteiger partial charge in [0, 0.05) is 32.2 Å². The molecule has 7 heteroatoms. The molecule has 2 fully saturated rings. The second-order valence-electron chi connectivity index (χ2n) is 7.30. The fourth-order valence-electron chi connectivity index (χ4n) is 3.40. The van der Waals surface area contributed by atoms with Crippen molar-refractivity contribution in [1.29, 1.82) is 0 Å². The Labute approximate surface area is 143 Å². The fraction of sp³-hybridized carbons (Fsp3) is 0.706. The summed E-state index contributed by atoms with van der Waals surface area (Å²) in [6.45, 7) is 2.26. The first-order valence-corrected chi connectivity index (χ1v) is 10.1. The van der Waals surface area contributed by atoms with E-state index in [2.05, 4.69) is 6.92 Å². The van der Waals surface area contributed by atoms with Crippen molar-refractivity contribution in [3.8, 4) is 0 Å². The summed E-state index contributed by atoms with van der Waals surface area (Å²) in [5, 5.41) is -0.177. The van der Waals surface area contributed by atoms with Gasteiger partial charge in [-0.2, -0.15) is 0 Å². The number of carbonyl (C=O) groups is 1. The highest BCUT2D eigenvalue weighted by atomic mass is 32.2. The van der Waals surface area contributed by atoms with Crippen molar-refractivity contribution in [1.82, 2.24) is 9.21 Å². The summed E-state index contributed by atoms with van der Waals surface area (Å²) in [6.07, 6.45) is 7.71. The molecule has 0 bridgehead atoms. The molecule has 134 valence electrons. The molecule has 0 N–H and O–H groups in total. The second kappa shape index (κ2) is 6.52. The second-order valence-corrected chi connectivity index (χ2v) is 9.38. The molecule has 0 spiro atoms. The van der Waals surface area contributed by atoms with Gasteiger partial charge in [-0.15, -0.1) is 0 Å². The third-order valence-corrected chi connectivity index (χ3v) is 6.79. The summed E-state index contributed by atoms with van der Waals surface area (Å²) in [7, 11) is -0.769. The summed E-state index contributed by atoms with van der Waals surface area (Å²) in [5.74, 6) is 0.629. The Kier molecular flexibility index (Phi) is 4.75. The van der Waals surface area contributed by atoms with Gasteiger partial charge in [0.05, 0.1) is 5.56 Å². The van der Waals surface area contributed by atoms with E-state index < -0.39 is 10.0 Å². The normalized spacial score (nSPS) is 25.0. The van der Waals surface area contributed by atoms with E-state index in [0.717, 1.165) is 48.7 Å². The predicted octanol–water partition coefficient (Wildman–Crippen LogP) is 2.71. The molecule has 2 aliphatic carbocycles. The highest BCUT2D eigenvalue weighted by Gasteiger charge is 2.39. The number of nitrogens with zero attached hydrogens (tertiary/aromatic N) is 2. The van der Waals surface area contributed by atoms with E-state index in [4.69, 9.17) is 4.42 Å². The van der Waals surface area contributed by atoms with Crippen molar-refractivity contribution in [2.24, 2.45) is 5.92 Å². The van der Waals surface area contributed by atoms with Gasteiger partial charge in [0.25, 0.3) is 15.9 Å². The lowest BCUT2D eigenvalue weighted by molar-refractivity contribution is 0.0592. The lowest BCUT2D eigenvalue weighted by Gasteiger charge is -2.36. The van der Waals surface area contributed by atoms with Crippen molar-refractivity contribution in [2.45, 2.75) is 62.6 Å². The van der Waals surface area contributed by atoms with Crippen LogP contribution in [-0.2, 0) is 10.0 Å². The maximum Gasteiger partial charge on any atom is 0.275 e. The van der Waals surface area contributed by atoms with E-state index >= 15 is 0 Å². The Morgan fingerprint density at radius 2 is 1.62 bits per heavy atom. The Balaban J connectivity index is 1.80. The molecule has 24 heavy (non-hydrogen) atoms. The molecule has 0 saturated heterocycles. The average molecular weight is 354 g/mol. The highest BCUT2D eigenvalue weighted by molar-refractivity contribution is 7.88. The van der Waals surface area contributed by atoms with Gasteiger partial charge in [-0.1, -0.05) is 6.92 Å². The van der Waals surface area contributed by atoms with E-state index in [1.165, 1.54) is 26.4 Å². The zero-order chi connectivity index (χ0) is 17.5. The van der Waals surface area contributed by atoms with Crippen LogP contribution < -0.4 is 0 Å². The van der Waals surface area contributed by atoms with Crippen LogP contribution in [0.1, 0.15) is 55.8 Å². The van der Waals surface area contributed by atoms with Gasteiger partial charge < -0.3 is 9.32 Å². The van der Waals surface area contributed by atoms with Crippen molar-refractivity contribution in [2.75, 3.05) is 14.1 Å². The molecule has 0 unspecified atom stereocenters. The van der Waals surface area contributed by atoms with Crippen LogP contribution in [0, 0.1) is 5.92 Å². The van der Waals surface area contributed by atoms with E-state index in [1.54, 1.807) is 0 Å². The smallest absolute Gasteiger partial charge is 0.275 e. The lowest BCUT2D eigenvalue weighted by Crippen LogP contribution is -2.43. The van der Waals surface area contributed by atoms with E-state index in [1.807, 2.05) is 4.90 Å². The lowest BCUT2D eigenvalue weighted by atomic mass is 9.86. The quantitative estimate of drug-likeness (QED) is 0.815. The van der Waals surface area contributed by atoms with Gasteiger partial charge >= 0.3 is 0 Å². The first-order valence-electron chi connectivity index (χ1n) is 8.64. The standard InChI is InChI=1S/C17H26N2O4S/c1-12-4-6-14(7-5-12)19(15-8-9-15)17(20)13-10-16(23-11-13)24(21,22)18(2)3/h10-12,14-15H,4-9H2,1-3H3. The van der Waals surface area contributed by atoms with Crippen LogP contribution in [0.25, 0.3) is 0 Å². The molecule has 6 nitrogen and oxygen atoms in total. The van der Waals surface area contributed by atoms with Gasteiger partial charge in [0.1, 0.15) is 6.26 Å². The van der Waals surface area contributed by atoms with Crippen molar-refractivity contribution in [3.63, 3.8) is 0 Å². The van der Waals surface area contributed by atoms with E-state index in [-0.39, 0.29) is 17.0 Å². The zero-order valence-corrected chi connectivity index (χ0v) is 15.4. The Morgan fingerprint density at radius 1 is 1.08 bits per heavy atom. The SMILES string of the molecule is CC1CCC(N(C(=O)c2coc(S(=O)(=O)N(C)C)c2)C2CC2)CC1. The van der Waals surface area contributed by atoms with Crippen LogP contribution in [0.15, 0.2) is 21.8 Å². The minimum atomic E-state index is -3.66. The Morgan fingerprint density at radius 3 is 2.12 bits per heavy atom. The molecule has 3 rings (SSSR count). The molecular formula is C17H26N2O4S. The van der Waals surface area contributed by atoms with E-state index in [0.29, 0.717) is 11.6 Å². The molecule has 2 aliphatic rings. The summed E-state index contributed by atoms with van der Waals surface area (Å²) in [6, 6.07) is 1.93. The minimum absolute atomic E-state index is 0.0963. The largest absolute Gasteiger partial charge is 0.451 e. The number of sulfonamides is 1. The number of hydrogen-bond donors (Lipinski definition) is 0. The fourth-order valence-corrected chi connectivity index (χ4v) is 4.20. The molecule has 0 atom stereocenters. The monoisotopic (exact) mass is 354 g/mol. The highest BCUT2D eigenvalue weighted by Crippen LogP contribution is 2.36. The Hall–Kier alpha value is -1.34. The van der Waals surface area contributed by atoms with Crippen LogP contribution >= 0.6 is 0 Å². The van der Waals surface area contributed by atoms with Crippen LogP contribution in [0.3, 0.4) is 0 Å². The molecule has 0 aliphatic heterocycles. The van der Waals surface area contributed by atoms with Crippen molar-refractivity contribution < 1.29 is 17.6 Å². The summed E-state index contributed by atoms with van der Waals surface area (Å²) < 4.78 is 30.5. The van der Waals surface area contributed by atoms with Crippen LogP contribution in [-0.4, -0.2) is 49.7 Å². The summed E-state index contributed by atoms with van der Waals surface area (Å²) >= 11 is 0. The number of rotatable bonds is 5. The molecule has 1 aromatic heterocycles. The van der Waals surface area contributed by atoms with Crippen molar-refractivity contribution in [3.05, 3.63) is 17.9 Å². The molecule has 2 saturated carbocycles. The van der Waals surface area contributed by atoms with Crippen LogP contribution in [0.4, 0.5) is 0 Å². The van der Waals surface area contributed by atoms with Gasteiger partial charge in [0.2, 0.25) is 5.09 Å². The number of amides is 1. The zero-order valence-electron chi connectivity index (χ0n) is 14.6. The van der Waals surface area contributed by atoms with Crippen LogP contribution in [0.2, 0.25) is 0 Å². The maximum atomic E-state index is 13.0. The molecule has 0 aromatic carbocycles. The topological polar surface area (TPSA) is 70.8 Å². The molecule has 1 aromatic rings. The number of carbonyl (C=O) groups excluding carboxylic acids is 1. The molecular weight excluding hydrogens is 328 g/mol. The maximum absolute atomic E-state index is 13.0. The Bertz CT molecular complexity index is 698. The van der Waals surface area contributed by atoms with Gasteiger partial charge in [-0.05, 0) is 44.4 Å². The first kappa shape index (κ1) is 17.5. The van der Waals surface area contributed by atoms with E-state index in [9.17, 15) is 13.2 Å². The molecule has 1 amide bonds. The predicted molar refractivity (Wildman–Crippen MR) is 90.2 cm³/mol. The average Bonchev–Trinajstić information content (AvgIpc) is 3.23. The minimum Gasteiger partial charge on any atom is -0.451 e. The summed E-state index contributed by atoms with van der Waals surface area (Å²) in [5.41, 5.74) is 0.334. The van der Waals surface area contributed by atoms with Gasteiger partial charge in [-0.25, -0.2) is 12.7 Å². The third-order valence-electron chi connectivity index (χ3n) is 5.11. The van der Waals surface area contributed by atoms with Gasteiger partial charge in [0.15, 0.2) is 0 Å². The van der Waals surface area contributed by atoms with Crippen molar-refractivity contribution >= 4 is 15.9 Å². The molecule has 1 heterocycles.